The van der Waals surface area contributed by atoms with Crippen molar-refractivity contribution in [3.05, 3.63) is 35.4 Å². The Morgan fingerprint density at radius 3 is 0.960 bits per heavy atom. The Hall–Kier alpha value is 2.66. The Labute approximate surface area is 389 Å². The van der Waals surface area contributed by atoms with Gasteiger partial charge in [0, 0.05) is 64.4 Å². The predicted octanol–water partition coefficient (Wildman–Crippen LogP) is 4.25. The molecule has 10 nitrogen and oxygen atoms in total. The maximum absolute atomic E-state index is 3.65. The first kappa shape index (κ1) is 70.5. The highest BCUT2D eigenvalue weighted by Crippen LogP contribution is 2.14. The first-order valence-corrected chi connectivity index (χ1v) is 16.5. The topological polar surface area (TPSA) is 142 Å². The van der Waals surface area contributed by atoms with Crippen LogP contribution in [0.3, 0.4) is 0 Å². The van der Waals surface area contributed by atoms with Crippen molar-refractivity contribution in [1.82, 2.24) is 41.7 Å². The molecule has 3 rings (SSSR count). The second-order valence-electron chi connectivity index (χ2n) is 11.9. The first-order valence-electron chi connectivity index (χ1n) is 16.5. The van der Waals surface area contributed by atoms with Crippen LogP contribution in [0.5, 0.6) is 0 Å². The van der Waals surface area contributed by atoms with E-state index in [4.69, 9.17) is 0 Å². The lowest BCUT2D eigenvalue weighted by Crippen LogP contribution is -2.42. The van der Waals surface area contributed by atoms with Crippen molar-refractivity contribution in [3.63, 3.8) is 0 Å². The summed E-state index contributed by atoms with van der Waals surface area (Å²) in [7, 11) is 0. The Morgan fingerprint density at radius 2 is 0.660 bits per heavy atom. The minimum atomic E-state index is 0. The number of rotatable bonds is 6. The van der Waals surface area contributed by atoms with E-state index in [1.165, 1.54) is 36.8 Å². The Balaban J connectivity index is -0.000000294. The third-order valence-electron chi connectivity index (χ3n) is 8.45. The molecule has 2 aliphatic heterocycles. The van der Waals surface area contributed by atoms with E-state index in [9.17, 15) is 0 Å². The third kappa shape index (κ3) is 34.0. The van der Waals surface area contributed by atoms with Crippen molar-refractivity contribution in [2.45, 2.75) is 64.5 Å². The molecular formula is C32H74Br8N8O2. The van der Waals surface area contributed by atoms with E-state index in [0.29, 0.717) is 12.1 Å². The summed E-state index contributed by atoms with van der Waals surface area (Å²) in [6.45, 7) is 22.5. The standard InChI is InChI=1S/C32H62N8.8BrH.2H2O/c1-29(39-23-5-15-35-19-17-33-11-3-13-37-21-25-39)27-31-7-9-32(10-8-31)28-30(2)40-24-6-16-36-20-18-34-12-4-14-38-22-26-40;;;;;;;;;;/h7-10,29-30,33-38H,3-6,11-28H2,1-2H3;8*1H;2*1H2. The van der Waals surface area contributed by atoms with Gasteiger partial charge < -0.3 is 42.9 Å². The Kier molecular flexibility index (Phi) is 67.4. The molecule has 0 radical (unpaired) electrons. The van der Waals surface area contributed by atoms with Gasteiger partial charge in [-0.3, -0.25) is 9.80 Å². The van der Waals surface area contributed by atoms with Gasteiger partial charge in [-0.1, -0.05) is 24.3 Å². The summed E-state index contributed by atoms with van der Waals surface area (Å²) in [6.07, 6.45) is 7.05. The van der Waals surface area contributed by atoms with Crippen molar-refractivity contribution < 1.29 is 11.0 Å². The lowest BCUT2D eigenvalue weighted by atomic mass is 10.0. The highest BCUT2D eigenvalue weighted by molar-refractivity contribution is 8.93. The van der Waals surface area contributed by atoms with Gasteiger partial charge in [-0.05, 0) is 116 Å². The molecule has 0 aromatic heterocycles. The van der Waals surface area contributed by atoms with Crippen molar-refractivity contribution in [3.8, 4) is 0 Å². The van der Waals surface area contributed by atoms with Gasteiger partial charge in [-0.15, -0.1) is 136 Å². The van der Waals surface area contributed by atoms with Crippen LogP contribution in [0.25, 0.3) is 0 Å². The first-order chi connectivity index (χ1) is 19.7. The van der Waals surface area contributed by atoms with Crippen molar-refractivity contribution in [2.24, 2.45) is 0 Å². The van der Waals surface area contributed by atoms with Crippen LogP contribution in [0.15, 0.2) is 24.3 Å². The summed E-state index contributed by atoms with van der Waals surface area (Å²) < 4.78 is 0. The van der Waals surface area contributed by atoms with Crippen LogP contribution >= 0.6 is 136 Å². The van der Waals surface area contributed by atoms with Gasteiger partial charge in [0.15, 0.2) is 0 Å². The summed E-state index contributed by atoms with van der Waals surface area (Å²) in [5.41, 5.74) is 2.92. The van der Waals surface area contributed by atoms with E-state index in [-0.39, 0.29) is 147 Å². The maximum atomic E-state index is 3.65. The fourth-order valence-electron chi connectivity index (χ4n) is 5.90. The highest BCUT2D eigenvalue weighted by Gasteiger charge is 2.16. The van der Waals surface area contributed by atoms with E-state index in [0.717, 1.165) is 118 Å². The van der Waals surface area contributed by atoms with Crippen LogP contribution in [-0.4, -0.2) is 138 Å². The molecule has 0 aliphatic carbocycles. The number of nitrogens with zero attached hydrogens (tertiary/aromatic N) is 2. The molecule has 2 aliphatic rings. The highest BCUT2D eigenvalue weighted by atomic mass is 79.9. The van der Waals surface area contributed by atoms with Crippen LogP contribution < -0.4 is 31.9 Å². The van der Waals surface area contributed by atoms with Gasteiger partial charge in [0.2, 0.25) is 0 Å². The van der Waals surface area contributed by atoms with Gasteiger partial charge in [0.1, 0.15) is 0 Å². The van der Waals surface area contributed by atoms with Crippen molar-refractivity contribution >= 4 is 136 Å². The van der Waals surface area contributed by atoms with Gasteiger partial charge in [0.05, 0.1) is 0 Å². The molecule has 0 spiro atoms. The molecule has 0 saturated carbocycles. The molecule has 18 heteroatoms. The van der Waals surface area contributed by atoms with Gasteiger partial charge in [-0.2, -0.15) is 0 Å². The molecule has 50 heavy (non-hydrogen) atoms. The fraction of sp³-hybridized carbons (Fsp3) is 0.812. The molecule has 10 N–H and O–H groups in total. The summed E-state index contributed by atoms with van der Waals surface area (Å²) >= 11 is 0. The molecule has 0 amide bonds. The van der Waals surface area contributed by atoms with E-state index >= 15 is 0 Å². The SMILES string of the molecule is Br.Br.Br.Br.Br.Br.Br.Br.CC(Cc1ccc(CC(C)N2CCCNCCNCCCNCC2)cc1)N1CCCNCCNCCCNCC1.O.O. The minimum Gasteiger partial charge on any atom is -0.412 e. The summed E-state index contributed by atoms with van der Waals surface area (Å²) in [5, 5.41) is 21.5. The average Bonchev–Trinajstić information content (AvgIpc) is 2.96. The number of benzene rings is 1. The minimum absolute atomic E-state index is 0. The number of hydrogen-bond donors (Lipinski definition) is 6. The lowest BCUT2D eigenvalue weighted by molar-refractivity contribution is 0.204. The molecule has 2 atom stereocenters. The van der Waals surface area contributed by atoms with Gasteiger partial charge in [0.25, 0.3) is 0 Å². The van der Waals surface area contributed by atoms with Crippen LogP contribution in [0.4, 0.5) is 0 Å². The van der Waals surface area contributed by atoms with E-state index in [2.05, 4.69) is 79.8 Å². The van der Waals surface area contributed by atoms with Crippen molar-refractivity contribution in [2.75, 3.05) is 105 Å². The molecule has 2 fully saturated rings. The van der Waals surface area contributed by atoms with Gasteiger partial charge in [-0.25, -0.2) is 0 Å². The van der Waals surface area contributed by atoms with Crippen LogP contribution in [0, 0.1) is 0 Å². The zero-order valence-corrected chi connectivity index (χ0v) is 43.9. The predicted molar refractivity (Wildman–Crippen MR) is 261 cm³/mol. The third-order valence-corrected chi connectivity index (χ3v) is 8.45. The Bertz CT molecular complexity index is 684. The second-order valence-corrected chi connectivity index (χ2v) is 11.9. The number of hydrogen-bond acceptors (Lipinski definition) is 8. The quantitative estimate of drug-likeness (QED) is 0.249. The normalized spacial score (nSPS) is 18.8. The molecule has 2 saturated heterocycles. The smallest absolute Gasteiger partial charge is 0.0110 e. The molecule has 0 bridgehead atoms. The van der Waals surface area contributed by atoms with Crippen LogP contribution in [0.1, 0.15) is 50.7 Å². The lowest BCUT2D eigenvalue weighted by Gasteiger charge is -2.30. The summed E-state index contributed by atoms with van der Waals surface area (Å²) in [4.78, 5) is 5.38. The second kappa shape index (κ2) is 47.8. The van der Waals surface area contributed by atoms with E-state index in [1.807, 2.05) is 0 Å². The number of halogens is 8. The van der Waals surface area contributed by atoms with Gasteiger partial charge >= 0.3 is 0 Å². The monoisotopic (exact) mass is 1230 g/mol. The van der Waals surface area contributed by atoms with E-state index in [1.54, 1.807) is 0 Å². The molecule has 1 aromatic carbocycles. The largest absolute Gasteiger partial charge is 0.412 e. The zero-order chi connectivity index (χ0) is 28.1. The molecule has 2 heterocycles. The van der Waals surface area contributed by atoms with Crippen molar-refractivity contribution in [1.29, 1.82) is 0 Å². The van der Waals surface area contributed by atoms with Crippen LogP contribution in [0.2, 0.25) is 0 Å². The molecular weight excluding hydrogens is 1170 g/mol. The van der Waals surface area contributed by atoms with E-state index < -0.39 is 0 Å². The van der Waals surface area contributed by atoms with Crippen LogP contribution in [-0.2, 0) is 12.8 Å². The summed E-state index contributed by atoms with van der Waals surface area (Å²) in [5.74, 6) is 0. The fourth-order valence-corrected chi connectivity index (χ4v) is 5.90. The molecule has 310 valence electrons. The summed E-state index contributed by atoms with van der Waals surface area (Å²) in [6, 6.07) is 10.6. The average molecular weight is 1240 g/mol. The maximum Gasteiger partial charge on any atom is 0.0110 e. The zero-order valence-electron chi connectivity index (χ0n) is 30.2. The molecule has 1 aromatic rings. The molecule has 2 unspecified atom stereocenters. The Morgan fingerprint density at radius 1 is 0.400 bits per heavy atom. The number of nitrogens with one attached hydrogen (secondary N) is 6.